The topological polar surface area (TPSA) is 46.0 Å². The second-order valence-electron chi connectivity index (χ2n) is 7.21. The van der Waals surface area contributed by atoms with Crippen LogP contribution in [0.2, 0.25) is 0 Å². The van der Waals surface area contributed by atoms with E-state index in [4.69, 9.17) is 0 Å². The molecule has 2 fully saturated rings. The van der Waals surface area contributed by atoms with Crippen LogP contribution in [-0.4, -0.2) is 43.8 Å². The fraction of sp³-hybridized carbons (Fsp3) is 0.875. The van der Waals surface area contributed by atoms with Gasteiger partial charge in [-0.3, -0.25) is 9.58 Å². The minimum absolute atomic E-state index is 0.224. The fourth-order valence-corrected chi connectivity index (χ4v) is 3.93. The highest BCUT2D eigenvalue weighted by Gasteiger charge is 2.45. The van der Waals surface area contributed by atoms with E-state index in [1.165, 1.54) is 38.5 Å². The maximum absolute atomic E-state index is 4.45. The highest BCUT2D eigenvalue weighted by Crippen LogP contribution is 2.38. The van der Waals surface area contributed by atoms with Crippen LogP contribution in [0.4, 0.5) is 0 Å². The molecule has 2 heterocycles. The van der Waals surface area contributed by atoms with Gasteiger partial charge in [0.2, 0.25) is 0 Å². The molecule has 1 aliphatic carbocycles. The van der Waals surface area contributed by atoms with E-state index < -0.39 is 0 Å². The van der Waals surface area contributed by atoms with Crippen LogP contribution >= 0.6 is 0 Å². The first kappa shape index (κ1) is 15.0. The maximum atomic E-state index is 4.45. The second-order valence-corrected chi connectivity index (χ2v) is 7.21. The van der Waals surface area contributed by atoms with Gasteiger partial charge in [0.15, 0.2) is 0 Å². The molecule has 1 aliphatic heterocycles. The molecule has 1 atom stereocenters. The highest BCUT2D eigenvalue weighted by atomic mass is 15.4. The number of hydrogen-bond donors (Lipinski definition) is 1. The smallest absolute Gasteiger partial charge is 0.140 e. The summed E-state index contributed by atoms with van der Waals surface area (Å²) in [6, 6.07) is 0. The molecule has 0 radical (unpaired) electrons. The second kappa shape index (κ2) is 5.69. The minimum atomic E-state index is 0.224. The lowest BCUT2D eigenvalue weighted by Crippen LogP contribution is -2.69. The Kier molecular flexibility index (Phi) is 4.06. The van der Waals surface area contributed by atoms with Gasteiger partial charge in [0, 0.05) is 31.2 Å². The number of piperazine rings is 1. The molecule has 0 bridgehead atoms. The molecule has 5 nitrogen and oxygen atoms in total. The van der Waals surface area contributed by atoms with E-state index in [0.717, 1.165) is 25.5 Å². The molecule has 21 heavy (non-hydrogen) atoms. The van der Waals surface area contributed by atoms with E-state index in [1.54, 1.807) is 6.33 Å². The SMILES string of the molecule is CCC1(C)CN(Cc2ncnn2C)C2(CCCCC2)CN1. The van der Waals surface area contributed by atoms with Crippen molar-refractivity contribution >= 4 is 0 Å². The Hall–Kier alpha value is -0.940. The molecule has 0 aromatic carbocycles. The van der Waals surface area contributed by atoms with Crippen LogP contribution in [-0.2, 0) is 13.6 Å². The van der Waals surface area contributed by atoms with Crippen molar-refractivity contribution in [3.63, 3.8) is 0 Å². The van der Waals surface area contributed by atoms with Gasteiger partial charge in [0.25, 0.3) is 0 Å². The average molecular weight is 291 g/mol. The lowest BCUT2D eigenvalue weighted by Gasteiger charge is -2.55. The van der Waals surface area contributed by atoms with Gasteiger partial charge >= 0.3 is 0 Å². The van der Waals surface area contributed by atoms with Crippen LogP contribution in [0.5, 0.6) is 0 Å². The Morgan fingerprint density at radius 3 is 2.67 bits per heavy atom. The Morgan fingerprint density at radius 1 is 1.29 bits per heavy atom. The van der Waals surface area contributed by atoms with Gasteiger partial charge in [-0.05, 0) is 26.2 Å². The Balaban J connectivity index is 1.84. The zero-order chi connectivity index (χ0) is 14.9. The van der Waals surface area contributed by atoms with E-state index in [9.17, 15) is 0 Å². The zero-order valence-corrected chi connectivity index (χ0v) is 13.7. The fourth-order valence-electron chi connectivity index (χ4n) is 3.93. The van der Waals surface area contributed by atoms with Gasteiger partial charge in [0.1, 0.15) is 12.2 Å². The van der Waals surface area contributed by atoms with Gasteiger partial charge in [-0.15, -0.1) is 0 Å². The van der Waals surface area contributed by atoms with Crippen molar-refractivity contribution in [3.05, 3.63) is 12.2 Å². The summed E-state index contributed by atoms with van der Waals surface area (Å²) >= 11 is 0. The number of rotatable bonds is 3. The number of aromatic nitrogens is 3. The summed E-state index contributed by atoms with van der Waals surface area (Å²) in [7, 11) is 2.00. The normalized spacial score (nSPS) is 29.9. The number of nitrogens with zero attached hydrogens (tertiary/aromatic N) is 4. The van der Waals surface area contributed by atoms with Crippen LogP contribution < -0.4 is 5.32 Å². The van der Waals surface area contributed by atoms with E-state index in [2.05, 4.69) is 34.1 Å². The molecular weight excluding hydrogens is 262 g/mol. The van der Waals surface area contributed by atoms with Crippen molar-refractivity contribution < 1.29 is 0 Å². The molecule has 3 rings (SSSR count). The lowest BCUT2D eigenvalue weighted by atomic mass is 9.76. The van der Waals surface area contributed by atoms with Crippen molar-refractivity contribution in [1.29, 1.82) is 0 Å². The van der Waals surface area contributed by atoms with E-state index in [0.29, 0.717) is 5.54 Å². The van der Waals surface area contributed by atoms with E-state index in [1.807, 2.05) is 11.7 Å². The van der Waals surface area contributed by atoms with Crippen LogP contribution in [0.25, 0.3) is 0 Å². The minimum Gasteiger partial charge on any atom is -0.308 e. The Morgan fingerprint density at radius 2 is 2.05 bits per heavy atom. The molecule has 5 heteroatoms. The number of hydrogen-bond acceptors (Lipinski definition) is 4. The number of nitrogens with one attached hydrogen (secondary N) is 1. The predicted octanol–water partition coefficient (Wildman–Crippen LogP) is 2.09. The average Bonchev–Trinajstić information content (AvgIpc) is 2.90. The predicted molar refractivity (Wildman–Crippen MR) is 83.9 cm³/mol. The third-order valence-corrected chi connectivity index (χ3v) is 5.76. The third-order valence-electron chi connectivity index (χ3n) is 5.76. The van der Waals surface area contributed by atoms with Crippen molar-refractivity contribution in [3.8, 4) is 0 Å². The lowest BCUT2D eigenvalue weighted by molar-refractivity contribution is -0.0238. The van der Waals surface area contributed by atoms with Crippen LogP contribution in [0.3, 0.4) is 0 Å². The molecule has 0 amide bonds. The summed E-state index contributed by atoms with van der Waals surface area (Å²) in [5.41, 5.74) is 0.556. The van der Waals surface area contributed by atoms with E-state index in [-0.39, 0.29) is 5.54 Å². The molecule has 1 unspecified atom stereocenters. The number of aryl methyl sites for hydroxylation is 1. The molecule has 1 spiro atoms. The maximum Gasteiger partial charge on any atom is 0.140 e. The molecular formula is C16H29N5. The quantitative estimate of drug-likeness (QED) is 0.926. The van der Waals surface area contributed by atoms with E-state index >= 15 is 0 Å². The summed E-state index contributed by atoms with van der Waals surface area (Å²) in [5.74, 6) is 1.08. The molecule has 1 saturated carbocycles. The summed E-state index contributed by atoms with van der Waals surface area (Å²) in [6.45, 7) is 7.79. The third kappa shape index (κ3) is 2.86. The molecule has 1 saturated heterocycles. The monoisotopic (exact) mass is 291 g/mol. The first-order valence-electron chi connectivity index (χ1n) is 8.40. The zero-order valence-electron chi connectivity index (χ0n) is 13.7. The van der Waals surface area contributed by atoms with Crippen molar-refractivity contribution in [2.24, 2.45) is 7.05 Å². The molecule has 1 N–H and O–H groups in total. The standard InChI is InChI=1S/C16H29N5/c1-4-15(2)12-21(10-14-17-13-19-20(14)3)16(11-18-15)8-6-5-7-9-16/h13,18H,4-12H2,1-3H3. The Bertz CT molecular complexity index is 477. The summed E-state index contributed by atoms with van der Waals surface area (Å²) in [5, 5.41) is 8.08. The van der Waals surface area contributed by atoms with Crippen LogP contribution in [0, 0.1) is 0 Å². The van der Waals surface area contributed by atoms with Gasteiger partial charge in [-0.25, -0.2) is 4.98 Å². The molecule has 2 aliphatic rings. The first-order chi connectivity index (χ1) is 10.1. The van der Waals surface area contributed by atoms with Crippen LogP contribution in [0.15, 0.2) is 6.33 Å². The largest absolute Gasteiger partial charge is 0.308 e. The summed E-state index contributed by atoms with van der Waals surface area (Å²) < 4.78 is 1.92. The van der Waals surface area contributed by atoms with Gasteiger partial charge in [0.05, 0.1) is 6.54 Å². The van der Waals surface area contributed by atoms with Crippen molar-refractivity contribution in [2.45, 2.75) is 70.0 Å². The molecule has 118 valence electrons. The van der Waals surface area contributed by atoms with Crippen molar-refractivity contribution in [2.75, 3.05) is 13.1 Å². The van der Waals surface area contributed by atoms with Crippen molar-refractivity contribution in [1.82, 2.24) is 25.0 Å². The molecule has 1 aromatic rings. The first-order valence-corrected chi connectivity index (χ1v) is 8.40. The Labute approximate surface area is 128 Å². The highest BCUT2D eigenvalue weighted by molar-refractivity contribution is 5.05. The molecule has 1 aromatic heterocycles. The van der Waals surface area contributed by atoms with Crippen LogP contribution in [0.1, 0.15) is 58.2 Å². The van der Waals surface area contributed by atoms with Gasteiger partial charge in [-0.2, -0.15) is 5.10 Å². The van der Waals surface area contributed by atoms with Gasteiger partial charge < -0.3 is 5.32 Å². The summed E-state index contributed by atoms with van der Waals surface area (Å²) in [4.78, 5) is 7.16. The van der Waals surface area contributed by atoms with Gasteiger partial charge in [-0.1, -0.05) is 26.2 Å². The summed E-state index contributed by atoms with van der Waals surface area (Å²) in [6.07, 6.45) is 9.59.